The van der Waals surface area contributed by atoms with Crippen LogP contribution in [-0.4, -0.2) is 26.6 Å². The van der Waals surface area contributed by atoms with Crippen LogP contribution in [0.4, 0.5) is 13.2 Å². The quantitative estimate of drug-likeness (QED) is 0.679. The lowest BCUT2D eigenvalue weighted by Gasteiger charge is -2.13. The van der Waals surface area contributed by atoms with Crippen LogP contribution in [0.5, 0.6) is 0 Å². The number of hydrogen-bond acceptors (Lipinski definition) is 3. The number of benzene rings is 2. The fraction of sp³-hybridized carbons (Fsp3) is 0.278. The fourth-order valence-electron chi connectivity index (χ4n) is 2.53. The number of alkyl halides is 3. The molecule has 27 heavy (non-hydrogen) atoms. The van der Waals surface area contributed by atoms with E-state index in [2.05, 4.69) is 21.2 Å². The van der Waals surface area contributed by atoms with Gasteiger partial charge >= 0.3 is 6.18 Å². The van der Waals surface area contributed by atoms with Crippen LogP contribution in [0, 0.1) is 0 Å². The summed E-state index contributed by atoms with van der Waals surface area (Å²) in [5.74, 6) is -1.76. The molecule has 0 aliphatic heterocycles. The highest BCUT2D eigenvalue weighted by atomic mass is 79.9. The van der Waals surface area contributed by atoms with Gasteiger partial charge in [0.25, 0.3) is 0 Å². The SMILES string of the molecule is O=C(CS(=O)(=O)Cc1cccc(Br)c1)NCCc1ccccc1C(F)(F)F. The predicted molar refractivity (Wildman–Crippen MR) is 99.8 cm³/mol. The summed E-state index contributed by atoms with van der Waals surface area (Å²) >= 11 is 3.24. The van der Waals surface area contributed by atoms with Crippen molar-refractivity contribution in [1.29, 1.82) is 0 Å². The second-order valence-electron chi connectivity index (χ2n) is 5.92. The molecule has 9 heteroatoms. The Labute approximate surface area is 163 Å². The van der Waals surface area contributed by atoms with E-state index in [-0.39, 0.29) is 24.3 Å². The van der Waals surface area contributed by atoms with E-state index in [0.717, 1.165) is 10.5 Å². The Morgan fingerprint density at radius 2 is 1.78 bits per heavy atom. The molecule has 0 bridgehead atoms. The average Bonchev–Trinajstić information content (AvgIpc) is 2.53. The van der Waals surface area contributed by atoms with E-state index < -0.39 is 33.2 Å². The highest BCUT2D eigenvalue weighted by Crippen LogP contribution is 2.31. The third-order valence-corrected chi connectivity index (χ3v) is 5.63. The predicted octanol–water partition coefficient (Wildman–Crippen LogP) is 3.74. The van der Waals surface area contributed by atoms with Gasteiger partial charge in [-0.1, -0.05) is 46.3 Å². The largest absolute Gasteiger partial charge is 0.416 e. The van der Waals surface area contributed by atoms with Gasteiger partial charge in [0.1, 0.15) is 5.75 Å². The minimum atomic E-state index is -4.48. The van der Waals surface area contributed by atoms with Crippen molar-refractivity contribution >= 4 is 31.7 Å². The van der Waals surface area contributed by atoms with E-state index in [1.807, 2.05) is 0 Å². The highest BCUT2D eigenvalue weighted by Gasteiger charge is 2.32. The van der Waals surface area contributed by atoms with Crippen molar-refractivity contribution in [2.75, 3.05) is 12.3 Å². The number of halogens is 4. The number of hydrogen-bond donors (Lipinski definition) is 1. The van der Waals surface area contributed by atoms with Gasteiger partial charge in [-0.2, -0.15) is 13.2 Å². The molecule has 4 nitrogen and oxygen atoms in total. The molecule has 1 N–H and O–H groups in total. The van der Waals surface area contributed by atoms with Crippen LogP contribution in [-0.2, 0) is 33.0 Å². The summed E-state index contributed by atoms with van der Waals surface area (Å²) in [6, 6.07) is 11.8. The molecule has 0 aliphatic carbocycles. The zero-order valence-corrected chi connectivity index (χ0v) is 16.5. The summed E-state index contributed by atoms with van der Waals surface area (Å²) in [7, 11) is -3.69. The summed E-state index contributed by atoms with van der Waals surface area (Å²) in [5, 5.41) is 2.37. The normalized spacial score (nSPS) is 12.0. The Bertz CT molecular complexity index is 914. The van der Waals surface area contributed by atoms with Crippen molar-refractivity contribution in [3.05, 3.63) is 69.7 Å². The Kier molecular flexibility index (Phi) is 7.05. The maximum atomic E-state index is 12.9. The molecule has 2 rings (SSSR count). The van der Waals surface area contributed by atoms with Crippen molar-refractivity contribution in [1.82, 2.24) is 5.32 Å². The Hall–Kier alpha value is -1.87. The molecule has 0 aromatic heterocycles. The van der Waals surface area contributed by atoms with Crippen LogP contribution in [0.3, 0.4) is 0 Å². The number of rotatable bonds is 7. The lowest BCUT2D eigenvalue weighted by atomic mass is 10.0. The van der Waals surface area contributed by atoms with Gasteiger partial charge in [-0.3, -0.25) is 4.79 Å². The smallest absolute Gasteiger partial charge is 0.355 e. The van der Waals surface area contributed by atoms with Crippen LogP contribution < -0.4 is 5.32 Å². The average molecular weight is 464 g/mol. The molecule has 0 radical (unpaired) electrons. The summed E-state index contributed by atoms with van der Waals surface area (Å²) in [5.41, 5.74) is -0.180. The molecule has 2 aromatic carbocycles. The first kappa shape index (κ1) is 21.4. The molecular weight excluding hydrogens is 447 g/mol. The highest BCUT2D eigenvalue weighted by molar-refractivity contribution is 9.10. The lowest BCUT2D eigenvalue weighted by Crippen LogP contribution is -2.32. The van der Waals surface area contributed by atoms with E-state index in [4.69, 9.17) is 0 Å². The maximum absolute atomic E-state index is 12.9. The molecule has 2 aromatic rings. The van der Waals surface area contributed by atoms with Crippen LogP contribution >= 0.6 is 15.9 Å². The van der Waals surface area contributed by atoms with Crippen LogP contribution in [0.2, 0.25) is 0 Å². The summed E-state index contributed by atoms with van der Waals surface area (Å²) in [6.45, 7) is -0.0850. The summed E-state index contributed by atoms with van der Waals surface area (Å²) in [6.07, 6.45) is -4.53. The van der Waals surface area contributed by atoms with E-state index in [9.17, 15) is 26.4 Å². The van der Waals surface area contributed by atoms with Gasteiger partial charge in [0.2, 0.25) is 5.91 Å². The molecule has 0 heterocycles. The molecule has 0 saturated carbocycles. The van der Waals surface area contributed by atoms with Gasteiger partial charge in [0, 0.05) is 11.0 Å². The minimum absolute atomic E-state index is 0.0438. The number of nitrogens with one attached hydrogen (secondary N) is 1. The molecule has 0 fully saturated rings. The molecule has 1 amide bonds. The number of carbonyl (C=O) groups excluding carboxylic acids is 1. The minimum Gasteiger partial charge on any atom is -0.355 e. The van der Waals surface area contributed by atoms with Crippen molar-refractivity contribution < 1.29 is 26.4 Å². The molecule has 0 aliphatic rings. The van der Waals surface area contributed by atoms with Crippen molar-refractivity contribution in [2.24, 2.45) is 0 Å². The van der Waals surface area contributed by atoms with E-state index >= 15 is 0 Å². The first-order valence-corrected chi connectivity index (χ1v) is 10.5. The standard InChI is InChI=1S/C18H17BrF3NO3S/c19-15-6-3-4-13(10-15)11-27(25,26)12-17(24)23-9-8-14-5-1-2-7-16(14)18(20,21)22/h1-7,10H,8-9,11-12H2,(H,23,24). The second kappa shape index (κ2) is 8.88. The zero-order chi connectivity index (χ0) is 20.1. The molecule has 0 atom stereocenters. The van der Waals surface area contributed by atoms with Crippen LogP contribution in [0.15, 0.2) is 53.0 Å². The van der Waals surface area contributed by atoms with Gasteiger partial charge in [0.15, 0.2) is 9.84 Å². The third-order valence-electron chi connectivity index (χ3n) is 3.67. The Morgan fingerprint density at radius 3 is 2.44 bits per heavy atom. The van der Waals surface area contributed by atoms with Crippen molar-refractivity contribution in [3.8, 4) is 0 Å². The fourth-order valence-corrected chi connectivity index (χ4v) is 4.27. The Morgan fingerprint density at radius 1 is 1.07 bits per heavy atom. The number of amides is 1. The maximum Gasteiger partial charge on any atom is 0.416 e. The summed E-state index contributed by atoms with van der Waals surface area (Å²) < 4.78 is 63.7. The van der Waals surface area contributed by atoms with E-state index in [1.165, 1.54) is 18.2 Å². The molecular formula is C18H17BrF3NO3S. The summed E-state index contributed by atoms with van der Waals surface area (Å²) in [4.78, 5) is 11.9. The van der Waals surface area contributed by atoms with Gasteiger partial charge < -0.3 is 5.32 Å². The van der Waals surface area contributed by atoms with E-state index in [1.54, 1.807) is 24.3 Å². The lowest BCUT2D eigenvalue weighted by molar-refractivity contribution is -0.138. The van der Waals surface area contributed by atoms with Gasteiger partial charge in [-0.05, 0) is 35.7 Å². The van der Waals surface area contributed by atoms with Gasteiger partial charge in [-0.25, -0.2) is 8.42 Å². The molecule has 0 saturated heterocycles. The third kappa shape index (κ3) is 6.99. The topological polar surface area (TPSA) is 63.2 Å². The molecule has 0 spiro atoms. The molecule has 146 valence electrons. The van der Waals surface area contributed by atoms with Gasteiger partial charge in [0.05, 0.1) is 11.3 Å². The zero-order valence-electron chi connectivity index (χ0n) is 14.1. The van der Waals surface area contributed by atoms with Crippen molar-refractivity contribution in [3.63, 3.8) is 0 Å². The number of carbonyl (C=O) groups is 1. The first-order chi connectivity index (χ1) is 12.6. The second-order valence-corrected chi connectivity index (χ2v) is 8.90. The van der Waals surface area contributed by atoms with Crippen LogP contribution in [0.1, 0.15) is 16.7 Å². The monoisotopic (exact) mass is 463 g/mol. The van der Waals surface area contributed by atoms with E-state index in [0.29, 0.717) is 5.56 Å². The number of sulfone groups is 1. The van der Waals surface area contributed by atoms with Gasteiger partial charge in [-0.15, -0.1) is 0 Å². The Balaban J connectivity index is 1.90. The first-order valence-electron chi connectivity index (χ1n) is 7.93. The van der Waals surface area contributed by atoms with Crippen LogP contribution in [0.25, 0.3) is 0 Å². The van der Waals surface area contributed by atoms with Crippen molar-refractivity contribution in [2.45, 2.75) is 18.3 Å². The molecule has 0 unspecified atom stereocenters.